The Balaban J connectivity index is 2.32. The van der Waals surface area contributed by atoms with E-state index in [-0.39, 0.29) is 17.5 Å². The molecule has 0 spiro atoms. The summed E-state index contributed by atoms with van der Waals surface area (Å²) in [6, 6.07) is 10.3. The van der Waals surface area contributed by atoms with Crippen molar-refractivity contribution < 1.29 is 22.6 Å². The van der Waals surface area contributed by atoms with Gasteiger partial charge in [-0.1, -0.05) is 12.1 Å². The zero-order valence-corrected chi connectivity index (χ0v) is 17.2. The Hall–Kier alpha value is -3.34. The van der Waals surface area contributed by atoms with Crippen LogP contribution in [-0.4, -0.2) is 55.2 Å². The fraction of sp³-hybridized carbons (Fsp3) is 0.278. The second kappa shape index (κ2) is 8.35. The summed E-state index contributed by atoms with van der Waals surface area (Å²) in [5, 5.41) is 8.20. The first kappa shape index (κ1) is 20.4. The van der Waals surface area contributed by atoms with Crippen LogP contribution in [0.25, 0.3) is 17.2 Å². The Labute approximate surface area is 168 Å². The van der Waals surface area contributed by atoms with Gasteiger partial charge in [0.25, 0.3) is 0 Å². The molecule has 0 unspecified atom stereocenters. The lowest BCUT2D eigenvalue weighted by Gasteiger charge is -2.17. The Bertz CT molecular complexity index is 1090. The van der Waals surface area contributed by atoms with Gasteiger partial charge in [-0.05, 0) is 25.1 Å². The maximum atomic E-state index is 12.2. The van der Waals surface area contributed by atoms with Crippen LogP contribution in [0.4, 0.5) is 5.95 Å². The van der Waals surface area contributed by atoms with Crippen LogP contribution in [-0.2, 0) is 10.0 Å². The topological polar surface area (TPSA) is 117 Å². The van der Waals surface area contributed by atoms with Crippen LogP contribution in [0.15, 0.2) is 36.4 Å². The molecule has 2 heterocycles. The van der Waals surface area contributed by atoms with Crippen molar-refractivity contribution in [3.05, 3.63) is 36.4 Å². The second-order valence-corrected chi connectivity index (χ2v) is 7.78. The average molecular weight is 419 g/mol. The smallest absolute Gasteiger partial charge is 0.243 e. The molecule has 0 fully saturated rings. The highest BCUT2D eigenvalue weighted by atomic mass is 32.2. The van der Waals surface area contributed by atoms with Gasteiger partial charge in [0.15, 0.2) is 5.82 Å². The standard InChI is InChI=1S/C18H21N5O5S/c1-5-29(24,25)22-18-21-20-17(12-8-6-11-15(19-12)28-4)23(18)16-13(26-2)9-7-10-14(16)27-3/h6-11H,5H2,1-4H3,(H,21,22). The van der Waals surface area contributed by atoms with Gasteiger partial charge in [0.2, 0.25) is 21.9 Å². The molecule has 0 saturated carbocycles. The van der Waals surface area contributed by atoms with Gasteiger partial charge in [-0.25, -0.2) is 13.4 Å². The molecule has 3 rings (SSSR count). The number of hydrogen-bond acceptors (Lipinski definition) is 8. The Kier molecular flexibility index (Phi) is 5.87. The number of sulfonamides is 1. The van der Waals surface area contributed by atoms with Crippen molar-refractivity contribution in [1.29, 1.82) is 0 Å². The molecule has 0 saturated heterocycles. The van der Waals surface area contributed by atoms with Gasteiger partial charge in [-0.3, -0.25) is 9.29 Å². The number of pyridine rings is 1. The van der Waals surface area contributed by atoms with E-state index in [1.165, 1.54) is 32.8 Å². The van der Waals surface area contributed by atoms with E-state index in [9.17, 15) is 8.42 Å². The molecule has 0 aliphatic heterocycles. The van der Waals surface area contributed by atoms with Crippen molar-refractivity contribution in [3.63, 3.8) is 0 Å². The lowest BCUT2D eigenvalue weighted by Crippen LogP contribution is -2.18. The molecule has 11 heteroatoms. The van der Waals surface area contributed by atoms with Crippen LogP contribution in [0.1, 0.15) is 6.92 Å². The lowest BCUT2D eigenvalue weighted by atomic mass is 10.2. The van der Waals surface area contributed by atoms with Crippen molar-refractivity contribution in [2.75, 3.05) is 31.8 Å². The first-order chi connectivity index (χ1) is 13.9. The van der Waals surface area contributed by atoms with Gasteiger partial charge in [0, 0.05) is 6.07 Å². The van der Waals surface area contributed by atoms with Gasteiger partial charge >= 0.3 is 0 Å². The van der Waals surface area contributed by atoms with E-state index in [0.29, 0.717) is 28.8 Å². The quantitative estimate of drug-likeness (QED) is 0.590. The maximum absolute atomic E-state index is 12.2. The maximum Gasteiger partial charge on any atom is 0.243 e. The number of methoxy groups -OCH3 is 3. The molecular formula is C18H21N5O5S. The third kappa shape index (κ3) is 4.09. The highest BCUT2D eigenvalue weighted by molar-refractivity contribution is 7.92. The Morgan fingerprint density at radius 1 is 0.966 bits per heavy atom. The lowest BCUT2D eigenvalue weighted by molar-refractivity contribution is 0.391. The van der Waals surface area contributed by atoms with E-state index in [4.69, 9.17) is 14.2 Å². The SMILES string of the molecule is CCS(=O)(=O)Nc1nnc(-c2cccc(OC)n2)n1-c1c(OC)cccc1OC. The van der Waals surface area contributed by atoms with Gasteiger partial charge < -0.3 is 14.2 Å². The number of rotatable bonds is 8. The Morgan fingerprint density at radius 2 is 1.62 bits per heavy atom. The number of hydrogen-bond donors (Lipinski definition) is 1. The molecular weight excluding hydrogens is 398 g/mol. The molecule has 0 amide bonds. The highest BCUT2D eigenvalue weighted by Gasteiger charge is 2.25. The molecule has 0 aliphatic rings. The van der Waals surface area contributed by atoms with Gasteiger partial charge in [-0.2, -0.15) is 0 Å². The molecule has 0 bridgehead atoms. The molecule has 3 aromatic rings. The molecule has 2 aromatic heterocycles. The van der Waals surface area contributed by atoms with E-state index >= 15 is 0 Å². The molecule has 10 nitrogen and oxygen atoms in total. The van der Waals surface area contributed by atoms with Gasteiger partial charge in [0.1, 0.15) is 22.9 Å². The molecule has 154 valence electrons. The number of anilines is 1. The van der Waals surface area contributed by atoms with Crippen LogP contribution < -0.4 is 18.9 Å². The van der Waals surface area contributed by atoms with Crippen LogP contribution in [0.2, 0.25) is 0 Å². The average Bonchev–Trinajstić information content (AvgIpc) is 3.15. The normalized spacial score (nSPS) is 11.2. The number of nitrogens with zero attached hydrogens (tertiary/aromatic N) is 4. The minimum absolute atomic E-state index is 0.0192. The number of aromatic nitrogens is 4. The summed E-state index contributed by atoms with van der Waals surface area (Å²) in [6.45, 7) is 1.53. The summed E-state index contributed by atoms with van der Waals surface area (Å²) in [6.07, 6.45) is 0. The summed E-state index contributed by atoms with van der Waals surface area (Å²) in [5.41, 5.74) is 0.850. The zero-order chi connectivity index (χ0) is 21.0. The molecule has 1 aromatic carbocycles. The van der Waals surface area contributed by atoms with E-state index in [1.54, 1.807) is 36.4 Å². The largest absolute Gasteiger partial charge is 0.494 e. The minimum atomic E-state index is -3.62. The predicted octanol–water partition coefficient (Wildman–Crippen LogP) is 2.12. The predicted molar refractivity (Wildman–Crippen MR) is 107 cm³/mol. The molecule has 0 radical (unpaired) electrons. The highest BCUT2D eigenvalue weighted by Crippen LogP contribution is 2.37. The third-order valence-corrected chi connectivity index (χ3v) is 5.33. The van der Waals surface area contributed by atoms with Crippen LogP contribution in [0.5, 0.6) is 17.4 Å². The van der Waals surface area contributed by atoms with E-state index in [2.05, 4.69) is 19.9 Å². The summed E-state index contributed by atoms with van der Waals surface area (Å²) < 4.78 is 44.5. The molecule has 0 aliphatic carbocycles. The summed E-state index contributed by atoms with van der Waals surface area (Å²) in [7, 11) is 0.881. The van der Waals surface area contributed by atoms with Gasteiger partial charge in [0.05, 0.1) is 27.1 Å². The number of ether oxygens (including phenoxy) is 3. The number of benzene rings is 1. The second-order valence-electron chi connectivity index (χ2n) is 5.76. The van der Waals surface area contributed by atoms with E-state index < -0.39 is 10.0 Å². The van der Waals surface area contributed by atoms with Crippen LogP contribution in [0.3, 0.4) is 0 Å². The molecule has 1 N–H and O–H groups in total. The fourth-order valence-electron chi connectivity index (χ4n) is 2.64. The van der Waals surface area contributed by atoms with Crippen molar-refractivity contribution in [1.82, 2.24) is 19.7 Å². The summed E-state index contributed by atoms with van der Waals surface area (Å²) in [4.78, 5) is 4.38. The van der Waals surface area contributed by atoms with E-state index in [0.717, 1.165) is 0 Å². The van der Waals surface area contributed by atoms with E-state index in [1.807, 2.05) is 0 Å². The number of nitrogens with one attached hydrogen (secondary N) is 1. The fourth-order valence-corrected chi connectivity index (χ4v) is 3.20. The first-order valence-electron chi connectivity index (χ1n) is 8.62. The Morgan fingerprint density at radius 3 is 2.21 bits per heavy atom. The summed E-state index contributed by atoms with van der Waals surface area (Å²) >= 11 is 0. The summed E-state index contributed by atoms with van der Waals surface area (Å²) in [5.74, 6) is 1.38. The van der Waals surface area contributed by atoms with Crippen molar-refractivity contribution in [3.8, 4) is 34.6 Å². The minimum Gasteiger partial charge on any atom is -0.494 e. The monoisotopic (exact) mass is 419 g/mol. The third-order valence-electron chi connectivity index (χ3n) is 4.08. The number of para-hydroxylation sites is 1. The van der Waals surface area contributed by atoms with Crippen molar-refractivity contribution in [2.45, 2.75) is 6.92 Å². The van der Waals surface area contributed by atoms with Crippen molar-refractivity contribution >= 4 is 16.0 Å². The molecule has 29 heavy (non-hydrogen) atoms. The van der Waals surface area contributed by atoms with Gasteiger partial charge in [-0.15, -0.1) is 10.2 Å². The van der Waals surface area contributed by atoms with Crippen molar-refractivity contribution in [2.24, 2.45) is 0 Å². The van der Waals surface area contributed by atoms with Crippen LogP contribution >= 0.6 is 0 Å². The van der Waals surface area contributed by atoms with Crippen LogP contribution in [0, 0.1) is 0 Å². The molecule has 0 atom stereocenters. The zero-order valence-electron chi connectivity index (χ0n) is 16.4. The first-order valence-corrected chi connectivity index (χ1v) is 10.3.